The molecule has 0 unspecified atom stereocenters. The lowest BCUT2D eigenvalue weighted by Gasteiger charge is -2.13. The molecule has 2 aromatic carbocycles. The first kappa shape index (κ1) is 20.8. The summed E-state index contributed by atoms with van der Waals surface area (Å²) in [7, 11) is -3.42. The number of hydrogen-bond acceptors (Lipinski definition) is 4. The molecule has 1 aliphatic heterocycles. The molecule has 0 bridgehead atoms. The molecule has 1 amide bonds. The van der Waals surface area contributed by atoms with Crippen LogP contribution in [0.3, 0.4) is 0 Å². The van der Waals surface area contributed by atoms with E-state index in [0.717, 1.165) is 34.4 Å². The Kier molecular flexibility index (Phi) is 6.04. The lowest BCUT2D eigenvalue weighted by molar-refractivity contribution is 0.0951. The van der Waals surface area contributed by atoms with E-state index in [1.54, 1.807) is 16.4 Å². The van der Waals surface area contributed by atoms with Crippen molar-refractivity contribution in [1.29, 1.82) is 0 Å². The van der Waals surface area contributed by atoms with Crippen molar-refractivity contribution in [3.8, 4) is 10.4 Å². The molecular weight excluding hydrogens is 416 g/mol. The zero-order chi connectivity index (χ0) is 21.1. The van der Waals surface area contributed by atoms with Gasteiger partial charge in [0, 0.05) is 30.1 Å². The van der Waals surface area contributed by atoms with Crippen molar-refractivity contribution in [2.24, 2.45) is 0 Å². The van der Waals surface area contributed by atoms with E-state index in [1.165, 1.54) is 11.3 Å². The van der Waals surface area contributed by atoms with E-state index >= 15 is 0 Å². The van der Waals surface area contributed by atoms with Crippen molar-refractivity contribution >= 4 is 27.3 Å². The summed E-state index contributed by atoms with van der Waals surface area (Å²) in [5, 5.41) is 2.95. The fraction of sp³-hybridized carbons (Fsp3) is 0.261. The second-order valence-electron chi connectivity index (χ2n) is 7.48. The molecule has 5 nitrogen and oxygen atoms in total. The monoisotopic (exact) mass is 440 g/mol. The molecule has 2 heterocycles. The lowest BCUT2D eigenvalue weighted by Crippen LogP contribution is -2.27. The molecule has 0 spiro atoms. The Bertz CT molecular complexity index is 1160. The summed E-state index contributed by atoms with van der Waals surface area (Å²) < 4.78 is 27.4. The maximum Gasteiger partial charge on any atom is 0.252 e. The Morgan fingerprint density at radius 3 is 2.57 bits per heavy atom. The second-order valence-corrected chi connectivity index (χ2v) is 10.7. The highest BCUT2D eigenvalue weighted by molar-refractivity contribution is 7.91. The molecule has 3 aromatic rings. The Hall–Kier alpha value is -2.48. The van der Waals surface area contributed by atoms with Gasteiger partial charge in [0.2, 0.25) is 0 Å². The van der Waals surface area contributed by atoms with Crippen LogP contribution in [-0.2, 0) is 16.6 Å². The molecule has 1 saturated heterocycles. The standard InChI is InChI=1S/C23H24N2O3S2/c1-17-6-4-7-18(14-17)16-24-23(26)20-9-5-8-19(15-20)21-10-11-22(29-21)30(27,28)25-12-2-3-13-25/h4-11,14-15H,2-3,12-13,16H2,1H3,(H,24,26). The second kappa shape index (κ2) is 8.71. The first-order valence-electron chi connectivity index (χ1n) is 9.98. The van der Waals surface area contributed by atoms with Crippen LogP contribution < -0.4 is 5.32 Å². The number of carbonyl (C=O) groups excluding carboxylic acids is 1. The zero-order valence-electron chi connectivity index (χ0n) is 16.8. The van der Waals surface area contributed by atoms with Gasteiger partial charge in [-0.1, -0.05) is 42.0 Å². The molecule has 0 atom stereocenters. The van der Waals surface area contributed by atoms with Gasteiger partial charge in [-0.15, -0.1) is 11.3 Å². The van der Waals surface area contributed by atoms with Gasteiger partial charge in [0.15, 0.2) is 0 Å². The minimum Gasteiger partial charge on any atom is -0.348 e. The molecule has 1 aromatic heterocycles. The summed E-state index contributed by atoms with van der Waals surface area (Å²) in [6, 6.07) is 18.8. The third-order valence-corrected chi connectivity index (χ3v) is 8.69. The minimum absolute atomic E-state index is 0.153. The smallest absolute Gasteiger partial charge is 0.252 e. The van der Waals surface area contributed by atoms with Gasteiger partial charge in [0.1, 0.15) is 4.21 Å². The fourth-order valence-electron chi connectivity index (χ4n) is 3.59. The molecule has 156 valence electrons. The summed E-state index contributed by atoms with van der Waals surface area (Å²) in [6.45, 7) is 3.66. The van der Waals surface area contributed by atoms with Gasteiger partial charge in [0.05, 0.1) is 0 Å². The zero-order valence-corrected chi connectivity index (χ0v) is 18.4. The van der Waals surface area contributed by atoms with Crippen LogP contribution in [0.2, 0.25) is 0 Å². The highest BCUT2D eigenvalue weighted by Gasteiger charge is 2.28. The number of thiophene rings is 1. The maximum atomic E-state index is 12.8. The first-order chi connectivity index (χ1) is 14.4. The van der Waals surface area contributed by atoms with Crippen LogP contribution in [0.15, 0.2) is 64.9 Å². The first-order valence-corrected chi connectivity index (χ1v) is 12.2. The normalized spacial score (nSPS) is 14.7. The Labute approximate surface area is 181 Å². The van der Waals surface area contributed by atoms with E-state index in [1.807, 2.05) is 55.5 Å². The lowest BCUT2D eigenvalue weighted by atomic mass is 10.1. The van der Waals surface area contributed by atoms with E-state index in [-0.39, 0.29) is 5.91 Å². The van der Waals surface area contributed by atoms with Gasteiger partial charge >= 0.3 is 0 Å². The van der Waals surface area contributed by atoms with Gasteiger partial charge in [-0.25, -0.2) is 8.42 Å². The Morgan fingerprint density at radius 2 is 1.80 bits per heavy atom. The van der Waals surface area contributed by atoms with Crippen molar-refractivity contribution in [2.75, 3.05) is 13.1 Å². The molecule has 1 aliphatic rings. The summed E-state index contributed by atoms with van der Waals surface area (Å²) in [6.07, 6.45) is 1.83. The van der Waals surface area contributed by atoms with Gasteiger partial charge in [-0.05, 0) is 55.2 Å². The predicted octanol–water partition coefficient (Wildman–Crippen LogP) is 4.44. The Balaban J connectivity index is 1.49. The summed E-state index contributed by atoms with van der Waals surface area (Å²) in [4.78, 5) is 13.4. The molecule has 0 saturated carbocycles. The number of rotatable bonds is 6. The quantitative estimate of drug-likeness (QED) is 0.616. The number of nitrogens with one attached hydrogen (secondary N) is 1. The molecular formula is C23H24N2O3S2. The van der Waals surface area contributed by atoms with Crippen LogP contribution in [0.1, 0.15) is 34.3 Å². The third-order valence-electron chi connectivity index (χ3n) is 5.19. The van der Waals surface area contributed by atoms with Gasteiger partial charge in [-0.3, -0.25) is 4.79 Å². The summed E-state index contributed by atoms with van der Waals surface area (Å²) in [5.41, 5.74) is 3.60. The van der Waals surface area contributed by atoms with E-state index < -0.39 is 10.0 Å². The molecule has 7 heteroatoms. The highest BCUT2D eigenvalue weighted by Crippen LogP contribution is 2.33. The topological polar surface area (TPSA) is 66.5 Å². The van der Waals surface area contributed by atoms with E-state index in [4.69, 9.17) is 0 Å². The number of amides is 1. The third kappa shape index (κ3) is 4.48. The average Bonchev–Trinajstić information content (AvgIpc) is 3.45. The molecule has 4 rings (SSSR count). The largest absolute Gasteiger partial charge is 0.348 e. The Morgan fingerprint density at radius 1 is 1.03 bits per heavy atom. The number of carbonyl (C=O) groups is 1. The summed E-state index contributed by atoms with van der Waals surface area (Å²) >= 11 is 1.25. The number of benzene rings is 2. The minimum atomic E-state index is -3.42. The van der Waals surface area contributed by atoms with Crippen LogP contribution in [-0.4, -0.2) is 31.7 Å². The van der Waals surface area contributed by atoms with Crippen LogP contribution >= 0.6 is 11.3 Å². The van der Waals surface area contributed by atoms with Gasteiger partial charge < -0.3 is 5.32 Å². The highest BCUT2D eigenvalue weighted by atomic mass is 32.2. The van der Waals surface area contributed by atoms with Crippen molar-refractivity contribution < 1.29 is 13.2 Å². The van der Waals surface area contributed by atoms with E-state index in [2.05, 4.69) is 5.32 Å². The molecule has 0 aliphatic carbocycles. The SMILES string of the molecule is Cc1cccc(CNC(=O)c2cccc(-c3ccc(S(=O)(=O)N4CCCC4)s3)c2)c1. The van der Waals surface area contributed by atoms with E-state index in [0.29, 0.717) is 29.4 Å². The molecule has 1 fully saturated rings. The van der Waals surface area contributed by atoms with Crippen LogP contribution in [0.25, 0.3) is 10.4 Å². The van der Waals surface area contributed by atoms with Crippen LogP contribution in [0, 0.1) is 6.92 Å². The number of aryl methyl sites for hydroxylation is 1. The molecule has 30 heavy (non-hydrogen) atoms. The van der Waals surface area contributed by atoms with Crippen LogP contribution in [0.5, 0.6) is 0 Å². The van der Waals surface area contributed by atoms with Crippen LogP contribution in [0.4, 0.5) is 0 Å². The van der Waals surface area contributed by atoms with Gasteiger partial charge in [0.25, 0.3) is 15.9 Å². The molecule has 1 N–H and O–H groups in total. The van der Waals surface area contributed by atoms with Gasteiger partial charge in [-0.2, -0.15) is 4.31 Å². The number of sulfonamides is 1. The van der Waals surface area contributed by atoms with E-state index in [9.17, 15) is 13.2 Å². The average molecular weight is 441 g/mol. The van der Waals surface area contributed by atoms with Crippen molar-refractivity contribution in [3.05, 3.63) is 77.4 Å². The molecule has 0 radical (unpaired) electrons. The van der Waals surface area contributed by atoms with Crippen molar-refractivity contribution in [3.63, 3.8) is 0 Å². The predicted molar refractivity (Wildman–Crippen MR) is 120 cm³/mol. The fourth-order valence-corrected chi connectivity index (χ4v) is 6.56. The van der Waals surface area contributed by atoms with Crippen molar-refractivity contribution in [1.82, 2.24) is 9.62 Å². The number of hydrogen-bond donors (Lipinski definition) is 1. The summed E-state index contributed by atoms with van der Waals surface area (Å²) in [5.74, 6) is -0.153. The number of nitrogens with zero attached hydrogens (tertiary/aromatic N) is 1. The van der Waals surface area contributed by atoms with Crippen molar-refractivity contribution in [2.45, 2.75) is 30.5 Å². The maximum absolute atomic E-state index is 12.8.